The quantitative estimate of drug-likeness (QED) is 0.491. The van der Waals surface area contributed by atoms with E-state index in [0.717, 1.165) is 17.5 Å². The number of hydrogen-bond acceptors (Lipinski definition) is 4. The first kappa shape index (κ1) is 22.5. The fourth-order valence-corrected chi connectivity index (χ4v) is 3.95. The maximum absolute atomic E-state index is 13.5. The van der Waals surface area contributed by atoms with Crippen LogP contribution in [0.1, 0.15) is 61.6 Å². The van der Waals surface area contributed by atoms with Gasteiger partial charge in [0.2, 0.25) is 5.78 Å². The molecule has 0 saturated carbocycles. The first-order chi connectivity index (χ1) is 15.7. The molecule has 172 valence electrons. The zero-order valence-corrected chi connectivity index (χ0v) is 19.6. The molecule has 2 heterocycles. The predicted molar refractivity (Wildman–Crippen MR) is 129 cm³/mol. The number of aromatic nitrogens is 4. The largest absolute Gasteiger partial charge is 0.352 e. The molecule has 4 rings (SSSR count). The Balaban J connectivity index is 1.98. The standard InChI is InChI=1S/C25H29N5O3/c1-6-17(5)26-22(31)18-11-12-20-21(13-18)30-24(29(15(2)3)23(20)32)27-28(25(30)33)14-19-10-8-7-9-16(19)4/h7-13,15,17H,6,14H2,1-5H3,(H,26,31). The van der Waals surface area contributed by atoms with Crippen LogP contribution in [0.25, 0.3) is 16.7 Å². The monoisotopic (exact) mass is 447 g/mol. The number of carbonyl (C=O) groups excluding carboxylic acids is 1. The molecule has 4 aromatic rings. The van der Waals surface area contributed by atoms with Crippen molar-refractivity contribution in [1.29, 1.82) is 0 Å². The molecule has 8 nitrogen and oxygen atoms in total. The molecule has 0 saturated heterocycles. The smallest absolute Gasteiger partial charge is 0.350 e. The van der Waals surface area contributed by atoms with Crippen LogP contribution < -0.4 is 16.6 Å². The zero-order valence-electron chi connectivity index (χ0n) is 19.6. The van der Waals surface area contributed by atoms with Gasteiger partial charge in [-0.05, 0) is 63.4 Å². The van der Waals surface area contributed by atoms with E-state index in [2.05, 4.69) is 10.4 Å². The normalized spacial score (nSPS) is 12.5. The summed E-state index contributed by atoms with van der Waals surface area (Å²) in [6.45, 7) is 9.95. The second-order valence-corrected chi connectivity index (χ2v) is 8.79. The summed E-state index contributed by atoms with van der Waals surface area (Å²) < 4.78 is 4.34. The van der Waals surface area contributed by atoms with Crippen molar-refractivity contribution in [1.82, 2.24) is 24.1 Å². The van der Waals surface area contributed by atoms with Gasteiger partial charge in [-0.3, -0.25) is 14.2 Å². The van der Waals surface area contributed by atoms with Crippen LogP contribution in [0.4, 0.5) is 0 Å². The Hall–Kier alpha value is -3.68. The Morgan fingerprint density at radius 3 is 2.48 bits per heavy atom. The first-order valence-corrected chi connectivity index (χ1v) is 11.3. The maximum atomic E-state index is 13.5. The Kier molecular flexibility index (Phi) is 5.93. The molecule has 1 N–H and O–H groups in total. The van der Waals surface area contributed by atoms with Crippen LogP contribution in [-0.2, 0) is 6.54 Å². The van der Waals surface area contributed by atoms with Gasteiger partial charge in [-0.2, -0.15) is 0 Å². The van der Waals surface area contributed by atoms with Crippen molar-refractivity contribution in [2.24, 2.45) is 0 Å². The fraction of sp³-hybridized carbons (Fsp3) is 0.360. The van der Waals surface area contributed by atoms with E-state index >= 15 is 0 Å². The molecular formula is C25H29N5O3. The molecule has 2 aromatic carbocycles. The SMILES string of the molecule is CCC(C)NC(=O)c1ccc2c(=O)n(C(C)C)c3nn(Cc4ccccc4C)c(=O)n3c2c1. The van der Waals surface area contributed by atoms with Gasteiger partial charge in [0.25, 0.3) is 11.5 Å². The highest BCUT2D eigenvalue weighted by atomic mass is 16.2. The van der Waals surface area contributed by atoms with Crippen LogP contribution in [0, 0.1) is 6.92 Å². The van der Waals surface area contributed by atoms with Crippen molar-refractivity contribution in [3.8, 4) is 0 Å². The van der Waals surface area contributed by atoms with Crippen molar-refractivity contribution in [2.45, 2.75) is 59.7 Å². The third-order valence-corrected chi connectivity index (χ3v) is 6.08. The number of nitrogens with zero attached hydrogens (tertiary/aromatic N) is 4. The van der Waals surface area contributed by atoms with Gasteiger partial charge in [-0.25, -0.2) is 13.9 Å². The fourth-order valence-electron chi connectivity index (χ4n) is 3.95. The van der Waals surface area contributed by atoms with Crippen molar-refractivity contribution in [3.63, 3.8) is 0 Å². The van der Waals surface area contributed by atoms with Crippen LogP contribution in [0.15, 0.2) is 52.1 Å². The van der Waals surface area contributed by atoms with Crippen LogP contribution in [0.2, 0.25) is 0 Å². The summed E-state index contributed by atoms with van der Waals surface area (Å²) in [5, 5.41) is 7.85. The van der Waals surface area contributed by atoms with Gasteiger partial charge in [0, 0.05) is 17.6 Å². The molecule has 0 radical (unpaired) electrons. The highest BCUT2D eigenvalue weighted by Gasteiger charge is 2.21. The molecule has 0 fully saturated rings. The minimum atomic E-state index is -0.355. The third kappa shape index (κ3) is 3.97. The number of rotatable bonds is 6. The molecule has 1 unspecified atom stereocenters. The molecule has 0 aliphatic rings. The summed E-state index contributed by atoms with van der Waals surface area (Å²) in [6.07, 6.45) is 0.799. The Bertz CT molecular complexity index is 1480. The number of aryl methyl sites for hydroxylation is 1. The lowest BCUT2D eigenvalue weighted by atomic mass is 10.1. The molecule has 0 spiro atoms. The summed E-state index contributed by atoms with van der Waals surface area (Å²) in [6, 6.07) is 12.5. The highest BCUT2D eigenvalue weighted by molar-refractivity contribution is 5.98. The van der Waals surface area contributed by atoms with Gasteiger partial charge in [0.1, 0.15) is 0 Å². The Morgan fingerprint density at radius 1 is 1.09 bits per heavy atom. The maximum Gasteiger partial charge on any atom is 0.352 e. The summed E-state index contributed by atoms with van der Waals surface area (Å²) >= 11 is 0. The number of hydrogen-bond donors (Lipinski definition) is 1. The second kappa shape index (κ2) is 8.69. The van der Waals surface area contributed by atoms with Crippen molar-refractivity contribution < 1.29 is 4.79 Å². The number of amides is 1. The van der Waals surface area contributed by atoms with E-state index in [1.807, 2.05) is 58.9 Å². The van der Waals surface area contributed by atoms with Crippen LogP contribution in [0.5, 0.6) is 0 Å². The molecule has 1 atom stereocenters. The topological polar surface area (TPSA) is 90.4 Å². The van der Waals surface area contributed by atoms with E-state index in [-0.39, 0.29) is 41.6 Å². The lowest BCUT2D eigenvalue weighted by Gasteiger charge is -2.14. The van der Waals surface area contributed by atoms with E-state index in [1.165, 1.54) is 13.6 Å². The summed E-state index contributed by atoms with van der Waals surface area (Å²) in [5.74, 6) is 0.0216. The van der Waals surface area contributed by atoms with Gasteiger partial charge in [-0.15, -0.1) is 5.10 Å². The van der Waals surface area contributed by atoms with E-state index in [1.54, 1.807) is 18.2 Å². The lowest BCUT2D eigenvalue weighted by Crippen LogP contribution is -2.32. The average Bonchev–Trinajstić information content (AvgIpc) is 3.10. The Labute approximate surface area is 191 Å². The molecule has 8 heteroatoms. The minimum absolute atomic E-state index is 0.0155. The van der Waals surface area contributed by atoms with Gasteiger partial charge in [0.15, 0.2) is 0 Å². The van der Waals surface area contributed by atoms with Gasteiger partial charge < -0.3 is 5.32 Å². The van der Waals surface area contributed by atoms with Gasteiger partial charge in [0.05, 0.1) is 17.4 Å². The first-order valence-electron chi connectivity index (χ1n) is 11.3. The average molecular weight is 448 g/mol. The molecule has 0 bridgehead atoms. The number of fused-ring (bicyclic) bond motifs is 3. The number of carbonyl (C=O) groups is 1. The van der Waals surface area contributed by atoms with Crippen LogP contribution >= 0.6 is 0 Å². The van der Waals surface area contributed by atoms with E-state index in [0.29, 0.717) is 16.5 Å². The van der Waals surface area contributed by atoms with E-state index in [9.17, 15) is 14.4 Å². The molecule has 2 aromatic heterocycles. The van der Waals surface area contributed by atoms with Gasteiger partial charge in [-0.1, -0.05) is 31.2 Å². The molecule has 1 amide bonds. The van der Waals surface area contributed by atoms with Crippen molar-refractivity contribution in [2.75, 3.05) is 0 Å². The van der Waals surface area contributed by atoms with Gasteiger partial charge >= 0.3 is 5.69 Å². The summed E-state index contributed by atoms with van der Waals surface area (Å²) in [7, 11) is 0. The summed E-state index contributed by atoms with van der Waals surface area (Å²) in [4.78, 5) is 39.5. The van der Waals surface area contributed by atoms with Crippen LogP contribution in [-0.4, -0.2) is 30.7 Å². The third-order valence-electron chi connectivity index (χ3n) is 6.08. The predicted octanol–water partition coefficient (Wildman–Crippen LogP) is 3.28. The van der Waals surface area contributed by atoms with Crippen LogP contribution in [0.3, 0.4) is 0 Å². The number of nitrogens with one attached hydrogen (secondary N) is 1. The molecule has 0 aliphatic carbocycles. The number of benzene rings is 2. The summed E-state index contributed by atoms with van der Waals surface area (Å²) in [5.41, 5.74) is 2.20. The van der Waals surface area contributed by atoms with Crippen molar-refractivity contribution >= 4 is 22.6 Å². The Morgan fingerprint density at radius 2 is 1.82 bits per heavy atom. The molecule has 33 heavy (non-hydrogen) atoms. The van der Waals surface area contributed by atoms with E-state index < -0.39 is 0 Å². The molecule has 0 aliphatic heterocycles. The van der Waals surface area contributed by atoms with Crippen molar-refractivity contribution in [3.05, 3.63) is 80.0 Å². The lowest BCUT2D eigenvalue weighted by molar-refractivity contribution is 0.0939. The highest BCUT2D eigenvalue weighted by Crippen LogP contribution is 2.17. The zero-order chi connectivity index (χ0) is 23.9. The minimum Gasteiger partial charge on any atom is -0.350 e. The van der Waals surface area contributed by atoms with E-state index in [4.69, 9.17) is 0 Å². The second-order valence-electron chi connectivity index (χ2n) is 8.79. The molecular weight excluding hydrogens is 418 g/mol.